The van der Waals surface area contributed by atoms with Gasteiger partial charge in [-0.15, -0.1) is 0 Å². The Morgan fingerprint density at radius 2 is 1.95 bits per heavy atom. The Balaban J connectivity index is 2.86. The third-order valence-electron chi connectivity index (χ3n) is 3.32. The molecule has 0 aliphatic heterocycles. The van der Waals surface area contributed by atoms with E-state index in [-0.39, 0.29) is 17.7 Å². The number of nitriles is 1. The molecule has 3 nitrogen and oxygen atoms in total. The van der Waals surface area contributed by atoms with Gasteiger partial charge in [-0.3, -0.25) is 4.79 Å². The summed E-state index contributed by atoms with van der Waals surface area (Å²) in [6, 6.07) is 12.0. The molecule has 0 saturated carbocycles. The van der Waals surface area contributed by atoms with Gasteiger partial charge in [0.05, 0.1) is 17.9 Å². The van der Waals surface area contributed by atoms with Crippen LogP contribution in [-0.2, 0) is 4.79 Å². The maximum Gasteiger partial charge on any atom is 0.230 e. The summed E-state index contributed by atoms with van der Waals surface area (Å²) in [6.45, 7) is 6.99. The quantitative estimate of drug-likeness (QED) is 0.786. The summed E-state index contributed by atoms with van der Waals surface area (Å²) in [6.07, 6.45) is 0.778. The molecule has 2 atom stereocenters. The fourth-order valence-corrected chi connectivity index (χ4v) is 2.20. The van der Waals surface area contributed by atoms with Gasteiger partial charge in [0.1, 0.15) is 0 Å². The van der Waals surface area contributed by atoms with Crippen LogP contribution in [0.1, 0.15) is 38.7 Å². The van der Waals surface area contributed by atoms with Crippen molar-refractivity contribution in [1.82, 2.24) is 4.90 Å². The highest BCUT2D eigenvalue weighted by Gasteiger charge is 2.24. The van der Waals surface area contributed by atoms with Crippen molar-refractivity contribution in [1.29, 1.82) is 5.26 Å². The smallest absolute Gasteiger partial charge is 0.230 e. The van der Waals surface area contributed by atoms with Crippen LogP contribution in [0.5, 0.6) is 0 Å². The summed E-state index contributed by atoms with van der Waals surface area (Å²) in [5.41, 5.74) is 1.05. The highest BCUT2D eigenvalue weighted by molar-refractivity contribution is 5.83. The number of hydrogen-bond donors (Lipinski definition) is 0. The average Bonchev–Trinajstić information content (AvgIpc) is 2.46. The number of carbonyl (C=O) groups is 1. The van der Waals surface area contributed by atoms with Gasteiger partial charge in [0, 0.05) is 13.1 Å². The van der Waals surface area contributed by atoms with Crippen molar-refractivity contribution in [2.24, 2.45) is 5.92 Å². The first kappa shape index (κ1) is 15.2. The molecule has 0 spiro atoms. The van der Waals surface area contributed by atoms with E-state index < -0.39 is 0 Å². The molecular weight excluding hydrogens is 236 g/mol. The first-order valence-electron chi connectivity index (χ1n) is 6.87. The van der Waals surface area contributed by atoms with E-state index in [1.807, 2.05) is 51.1 Å². The molecule has 0 aliphatic rings. The highest BCUT2D eigenvalue weighted by Crippen LogP contribution is 2.22. The van der Waals surface area contributed by atoms with Crippen molar-refractivity contribution in [2.45, 2.75) is 33.1 Å². The topological polar surface area (TPSA) is 44.1 Å². The number of amides is 1. The van der Waals surface area contributed by atoms with Crippen LogP contribution in [-0.4, -0.2) is 23.9 Å². The predicted molar refractivity (Wildman–Crippen MR) is 76.5 cm³/mol. The Morgan fingerprint density at radius 1 is 1.32 bits per heavy atom. The predicted octanol–water partition coefficient (Wildman–Crippen LogP) is 3.19. The van der Waals surface area contributed by atoms with E-state index in [2.05, 4.69) is 6.07 Å². The van der Waals surface area contributed by atoms with Crippen LogP contribution in [0.2, 0.25) is 0 Å². The zero-order chi connectivity index (χ0) is 14.3. The van der Waals surface area contributed by atoms with Gasteiger partial charge in [-0.05, 0) is 25.8 Å². The first-order valence-corrected chi connectivity index (χ1v) is 6.87. The lowest BCUT2D eigenvalue weighted by Crippen LogP contribution is -2.37. The lowest BCUT2D eigenvalue weighted by Gasteiger charge is -2.26. The molecule has 0 radical (unpaired) electrons. The largest absolute Gasteiger partial charge is 0.341 e. The Labute approximate surface area is 115 Å². The SMILES string of the molecule is CCC(C(=O)N(CC)CC(C)C#N)c1ccccc1. The first-order chi connectivity index (χ1) is 9.13. The zero-order valence-electron chi connectivity index (χ0n) is 12.0. The molecule has 1 rings (SSSR count). The monoisotopic (exact) mass is 258 g/mol. The van der Waals surface area contributed by atoms with Crippen molar-refractivity contribution in [3.63, 3.8) is 0 Å². The molecule has 0 heterocycles. The number of rotatable bonds is 6. The van der Waals surface area contributed by atoms with Gasteiger partial charge in [-0.2, -0.15) is 5.26 Å². The molecule has 1 aromatic carbocycles. The van der Waals surface area contributed by atoms with Crippen molar-refractivity contribution >= 4 is 5.91 Å². The fraction of sp³-hybridized carbons (Fsp3) is 0.500. The molecule has 0 N–H and O–H groups in total. The summed E-state index contributed by atoms with van der Waals surface area (Å²) in [4.78, 5) is 14.4. The van der Waals surface area contributed by atoms with E-state index in [4.69, 9.17) is 5.26 Å². The van der Waals surface area contributed by atoms with Crippen molar-refractivity contribution in [2.75, 3.05) is 13.1 Å². The summed E-state index contributed by atoms with van der Waals surface area (Å²) in [5, 5.41) is 8.89. The molecule has 2 unspecified atom stereocenters. The van der Waals surface area contributed by atoms with Crippen LogP contribution in [0.25, 0.3) is 0 Å². The Bertz CT molecular complexity index is 436. The van der Waals surface area contributed by atoms with E-state index in [1.54, 1.807) is 4.90 Å². The molecule has 0 bridgehead atoms. The van der Waals surface area contributed by atoms with E-state index in [1.165, 1.54) is 0 Å². The average molecular weight is 258 g/mol. The second-order valence-corrected chi connectivity index (χ2v) is 4.78. The van der Waals surface area contributed by atoms with Crippen LogP contribution in [0.4, 0.5) is 0 Å². The number of likely N-dealkylation sites (N-methyl/N-ethyl adjacent to an activating group) is 1. The van der Waals surface area contributed by atoms with Gasteiger partial charge in [0.25, 0.3) is 0 Å². The van der Waals surface area contributed by atoms with E-state index in [9.17, 15) is 4.79 Å². The molecular formula is C16H22N2O. The summed E-state index contributed by atoms with van der Waals surface area (Å²) < 4.78 is 0. The standard InChI is InChI=1S/C16H22N2O/c1-4-15(14-9-7-6-8-10-14)16(19)18(5-2)12-13(3)11-17/h6-10,13,15H,4-5,12H2,1-3H3. The van der Waals surface area contributed by atoms with Gasteiger partial charge in [-0.25, -0.2) is 0 Å². The van der Waals surface area contributed by atoms with Crippen LogP contribution in [0.15, 0.2) is 30.3 Å². The van der Waals surface area contributed by atoms with Crippen molar-refractivity contribution in [3.05, 3.63) is 35.9 Å². The van der Waals surface area contributed by atoms with Gasteiger partial charge in [-0.1, -0.05) is 37.3 Å². The molecule has 1 aromatic rings. The number of nitrogens with zero attached hydrogens (tertiary/aromatic N) is 2. The molecule has 1 amide bonds. The van der Waals surface area contributed by atoms with Crippen LogP contribution in [0.3, 0.4) is 0 Å². The molecule has 102 valence electrons. The normalized spacial score (nSPS) is 13.4. The molecule has 0 aliphatic carbocycles. The fourth-order valence-electron chi connectivity index (χ4n) is 2.20. The number of carbonyl (C=O) groups excluding carboxylic acids is 1. The number of benzene rings is 1. The van der Waals surface area contributed by atoms with E-state index in [0.29, 0.717) is 13.1 Å². The maximum absolute atomic E-state index is 12.6. The second kappa shape index (κ2) is 7.58. The minimum absolute atomic E-state index is 0.105. The third-order valence-corrected chi connectivity index (χ3v) is 3.32. The summed E-state index contributed by atoms with van der Waals surface area (Å²) >= 11 is 0. The lowest BCUT2D eigenvalue weighted by molar-refractivity contribution is -0.133. The van der Waals surface area contributed by atoms with Gasteiger partial charge < -0.3 is 4.90 Å². The summed E-state index contributed by atoms with van der Waals surface area (Å²) in [5.74, 6) is -0.109. The minimum Gasteiger partial charge on any atom is -0.341 e. The highest BCUT2D eigenvalue weighted by atomic mass is 16.2. The number of hydrogen-bond acceptors (Lipinski definition) is 2. The lowest BCUT2D eigenvalue weighted by atomic mass is 9.94. The van der Waals surface area contributed by atoms with Gasteiger partial charge in [0.2, 0.25) is 5.91 Å². The Hall–Kier alpha value is -1.82. The molecule has 0 aromatic heterocycles. The molecule has 3 heteroatoms. The Kier molecular flexibility index (Phi) is 6.08. The zero-order valence-corrected chi connectivity index (χ0v) is 12.0. The van der Waals surface area contributed by atoms with Crippen molar-refractivity contribution < 1.29 is 4.79 Å². The van der Waals surface area contributed by atoms with E-state index >= 15 is 0 Å². The Morgan fingerprint density at radius 3 is 2.42 bits per heavy atom. The molecule has 19 heavy (non-hydrogen) atoms. The van der Waals surface area contributed by atoms with Crippen LogP contribution >= 0.6 is 0 Å². The second-order valence-electron chi connectivity index (χ2n) is 4.78. The van der Waals surface area contributed by atoms with Crippen LogP contribution < -0.4 is 0 Å². The van der Waals surface area contributed by atoms with E-state index in [0.717, 1.165) is 12.0 Å². The van der Waals surface area contributed by atoms with Crippen molar-refractivity contribution in [3.8, 4) is 6.07 Å². The van der Waals surface area contributed by atoms with Gasteiger partial charge >= 0.3 is 0 Å². The summed E-state index contributed by atoms with van der Waals surface area (Å²) in [7, 11) is 0. The third kappa shape index (κ3) is 4.10. The van der Waals surface area contributed by atoms with Crippen LogP contribution in [0, 0.1) is 17.2 Å². The molecule has 0 saturated heterocycles. The molecule has 0 fully saturated rings. The minimum atomic E-state index is -0.128. The maximum atomic E-state index is 12.6. The van der Waals surface area contributed by atoms with Gasteiger partial charge in [0.15, 0.2) is 0 Å².